The lowest BCUT2D eigenvalue weighted by Crippen LogP contribution is -2.36. The van der Waals surface area contributed by atoms with Gasteiger partial charge in [0.25, 0.3) is 11.8 Å². The third-order valence-electron chi connectivity index (χ3n) is 7.92. The molecule has 1 aromatic heterocycles. The Labute approximate surface area is 268 Å². The first-order valence-corrected chi connectivity index (χ1v) is 17.0. The Morgan fingerprint density at radius 1 is 1.16 bits per heavy atom. The second kappa shape index (κ2) is 13.8. The molecule has 0 spiro atoms. The van der Waals surface area contributed by atoms with Gasteiger partial charge in [-0.25, -0.2) is 4.98 Å². The molecular formula is C34H34N4O5S2. The minimum absolute atomic E-state index is 0.175. The van der Waals surface area contributed by atoms with E-state index >= 15 is 0 Å². The summed E-state index contributed by atoms with van der Waals surface area (Å²) in [7, 11) is -0.392. The zero-order valence-electron chi connectivity index (χ0n) is 24.8. The first-order chi connectivity index (χ1) is 21.9. The van der Waals surface area contributed by atoms with Crippen LogP contribution in [0.15, 0.2) is 82.7 Å². The standard InChI is InChI=1S/C34H34N4O5S2/c1-2-45-29-9-4-3-7-26(29)32(40)37-27-19-23(12-15-30(27)45)31(39)35-20-25-21-36-33(44-25)22-10-13-24(14-11-22)43-18-6-17-38-16-5-8-28(38)34(41)42/h2-4,7,9-15,19,21,28H,5-6,8,16-18,20H2,1H3,(H,35,39)(H,37,40)(H,41,42)/t28-,45?/m0/s1. The SMILES string of the molecule is C/C=S1\c2ccc(C(=O)NCc3cnc(-c4ccc(OCCCN5CCC[C@H]5C(=O)O)cc4)s3)cc2NC(=O)c2ccccc21. The fourth-order valence-electron chi connectivity index (χ4n) is 5.69. The van der Waals surface area contributed by atoms with Crippen molar-refractivity contribution in [2.45, 2.75) is 48.6 Å². The molecular weight excluding hydrogens is 609 g/mol. The number of carboxylic acid groups (broad SMARTS) is 1. The highest BCUT2D eigenvalue weighted by Crippen LogP contribution is 2.44. The van der Waals surface area contributed by atoms with Gasteiger partial charge in [-0.2, -0.15) is 0 Å². The van der Waals surface area contributed by atoms with Crippen LogP contribution in [-0.2, 0) is 11.3 Å². The van der Waals surface area contributed by atoms with E-state index in [0.29, 0.717) is 42.9 Å². The molecule has 4 aromatic rings. The molecule has 2 atom stereocenters. The fraction of sp³-hybridized carbons (Fsp3) is 0.265. The molecule has 0 aliphatic carbocycles. The summed E-state index contributed by atoms with van der Waals surface area (Å²) in [6.07, 6.45) is 4.17. The summed E-state index contributed by atoms with van der Waals surface area (Å²) in [5.74, 6) is -0.391. The van der Waals surface area contributed by atoms with Crippen molar-refractivity contribution in [1.29, 1.82) is 0 Å². The number of hydrogen-bond acceptors (Lipinski definition) is 7. The molecule has 2 aliphatic heterocycles. The number of carboxylic acids is 1. The van der Waals surface area contributed by atoms with E-state index in [1.165, 1.54) is 11.3 Å². The smallest absolute Gasteiger partial charge is 0.320 e. The molecule has 9 nitrogen and oxygen atoms in total. The van der Waals surface area contributed by atoms with Crippen LogP contribution in [0.25, 0.3) is 10.6 Å². The van der Waals surface area contributed by atoms with Crippen molar-refractivity contribution in [3.8, 4) is 16.3 Å². The number of aromatic nitrogens is 1. The number of anilines is 1. The van der Waals surface area contributed by atoms with Gasteiger partial charge in [-0.1, -0.05) is 17.5 Å². The molecule has 3 aromatic carbocycles. The van der Waals surface area contributed by atoms with Crippen molar-refractivity contribution in [3.05, 3.63) is 88.9 Å². The van der Waals surface area contributed by atoms with Gasteiger partial charge in [0.15, 0.2) is 0 Å². The zero-order chi connectivity index (χ0) is 31.3. The normalized spacial score (nSPS) is 17.7. The number of ether oxygens (including phenoxy) is 1. The predicted molar refractivity (Wildman–Crippen MR) is 178 cm³/mol. The second-order valence-corrected chi connectivity index (χ2v) is 13.9. The van der Waals surface area contributed by atoms with Gasteiger partial charge in [-0.3, -0.25) is 19.3 Å². The molecule has 11 heteroatoms. The number of carbonyl (C=O) groups is 3. The molecule has 1 fully saturated rings. The van der Waals surface area contributed by atoms with E-state index in [1.54, 1.807) is 18.3 Å². The molecule has 2 aliphatic rings. The largest absolute Gasteiger partial charge is 0.494 e. The summed E-state index contributed by atoms with van der Waals surface area (Å²) in [5, 5.41) is 18.2. The van der Waals surface area contributed by atoms with E-state index in [9.17, 15) is 19.5 Å². The molecule has 3 heterocycles. The number of amides is 2. The third-order valence-corrected chi connectivity index (χ3v) is 11.1. The number of hydrogen-bond donors (Lipinski definition) is 3. The Hall–Kier alpha value is -4.32. The van der Waals surface area contributed by atoms with Gasteiger partial charge >= 0.3 is 5.97 Å². The van der Waals surface area contributed by atoms with Crippen molar-refractivity contribution in [2.75, 3.05) is 25.0 Å². The minimum atomic E-state index is -0.742. The average molecular weight is 643 g/mol. The number of benzene rings is 3. The molecule has 6 rings (SSSR count). The average Bonchev–Trinajstić information content (AvgIpc) is 3.71. The predicted octanol–water partition coefficient (Wildman–Crippen LogP) is 6.13. The summed E-state index contributed by atoms with van der Waals surface area (Å²) in [4.78, 5) is 46.8. The van der Waals surface area contributed by atoms with Crippen LogP contribution in [0.3, 0.4) is 0 Å². The highest BCUT2D eigenvalue weighted by Gasteiger charge is 2.29. The number of thiazole rings is 1. The number of rotatable bonds is 10. The van der Waals surface area contributed by atoms with Crippen molar-refractivity contribution in [3.63, 3.8) is 0 Å². The molecule has 1 saturated heterocycles. The number of carbonyl (C=O) groups excluding carboxylic acids is 2. The Morgan fingerprint density at radius 2 is 1.98 bits per heavy atom. The molecule has 0 radical (unpaired) electrons. The molecule has 1 unspecified atom stereocenters. The zero-order valence-corrected chi connectivity index (χ0v) is 26.5. The van der Waals surface area contributed by atoms with Crippen LogP contribution in [0.1, 0.15) is 51.8 Å². The van der Waals surface area contributed by atoms with Crippen molar-refractivity contribution in [1.82, 2.24) is 15.2 Å². The lowest BCUT2D eigenvalue weighted by molar-refractivity contribution is -0.142. The van der Waals surface area contributed by atoms with E-state index in [-0.39, 0.29) is 17.9 Å². The van der Waals surface area contributed by atoms with Gasteiger partial charge in [0, 0.05) is 38.5 Å². The van der Waals surface area contributed by atoms with Crippen molar-refractivity contribution in [2.24, 2.45) is 0 Å². The molecule has 0 bridgehead atoms. The maximum Gasteiger partial charge on any atom is 0.320 e. The van der Waals surface area contributed by atoms with Crippen LogP contribution in [0.4, 0.5) is 5.69 Å². The molecule has 2 amide bonds. The van der Waals surface area contributed by atoms with Crippen molar-refractivity contribution < 1.29 is 24.2 Å². The van der Waals surface area contributed by atoms with Gasteiger partial charge in [-0.05, 0) is 87.3 Å². The summed E-state index contributed by atoms with van der Waals surface area (Å²) in [6.45, 7) is 4.38. The Kier molecular flexibility index (Phi) is 9.39. The van der Waals surface area contributed by atoms with E-state index < -0.39 is 16.5 Å². The van der Waals surface area contributed by atoms with Gasteiger partial charge in [0.1, 0.15) is 16.8 Å². The summed E-state index contributed by atoms with van der Waals surface area (Å²) >= 11 is 1.51. The number of likely N-dealkylation sites (tertiary alicyclic amines) is 1. The highest BCUT2D eigenvalue weighted by atomic mass is 32.2. The molecule has 0 saturated carbocycles. The maximum atomic E-state index is 13.1. The van der Waals surface area contributed by atoms with Crippen LogP contribution in [0, 0.1) is 0 Å². The number of aliphatic carboxylic acids is 1. The Morgan fingerprint density at radius 3 is 2.78 bits per heavy atom. The fourth-order valence-corrected chi connectivity index (χ4v) is 8.47. The highest BCUT2D eigenvalue weighted by molar-refractivity contribution is 8.15. The van der Waals surface area contributed by atoms with Crippen LogP contribution in [-0.4, -0.2) is 63.9 Å². The quantitative estimate of drug-likeness (QED) is 0.141. The van der Waals surface area contributed by atoms with E-state index in [4.69, 9.17) is 4.74 Å². The second-order valence-electron chi connectivity index (χ2n) is 10.8. The Bertz CT molecular complexity index is 1770. The summed E-state index contributed by atoms with van der Waals surface area (Å²) in [5.41, 5.74) is 2.73. The first kappa shape index (κ1) is 30.7. The van der Waals surface area contributed by atoms with E-state index in [1.807, 2.05) is 66.4 Å². The lowest BCUT2D eigenvalue weighted by atomic mass is 10.1. The van der Waals surface area contributed by atoms with E-state index in [0.717, 1.165) is 50.4 Å². The van der Waals surface area contributed by atoms with Crippen molar-refractivity contribution >= 4 is 50.7 Å². The van der Waals surface area contributed by atoms with Gasteiger partial charge < -0.3 is 20.5 Å². The molecule has 45 heavy (non-hydrogen) atoms. The first-order valence-electron chi connectivity index (χ1n) is 14.9. The summed E-state index contributed by atoms with van der Waals surface area (Å²) in [6, 6.07) is 20.5. The Balaban J connectivity index is 1.02. The number of nitrogens with one attached hydrogen (secondary N) is 2. The number of nitrogens with zero attached hydrogens (tertiary/aromatic N) is 2. The van der Waals surface area contributed by atoms with Gasteiger partial charge in [0.05, 0.1) is 24.4 Å². The minimum Gasteiger partial charge on any atom is -0.494 e. The molecule has 232 valence electrons. The van der Waals surface area contributed by atoms with Crippen LogP contribution in [0.5, 0.6) is 5.75 Å². The monoisotopic (exact) mass is 642 g/mol. The van der Waals surface area contributed by atoms with Crippen LogP contribution < -0.4 is 15.4 Å². The summed E-state index contributed by atoms with van der Waals surface area (Å²) < 4.78 is 5.88. The van der Waals surface area contributed by atoms with Gasteiger partial charge in [-0.15, -0.1) is 21.8 Å². The number of fused-ring (bicyclic) bond motifs is 2. The lowest BCUT2D eigenvalue weighted by Gasteiger charge is -2.20. The van der Waals surface area contributed by atoms with Crippen LogP contribution >= 0.6 is 21.8 Å². The maximum absolute atomic E-state index is 13.1. The van der Waals surface area contributed by atoms with Gasteiger partial charge in [0.2, 0.25) is 0 Å². The molecule has 3 N–H and O–H groups in total. The van der Waals surface area contributed by atoms with E-state index in [2.05, 4.69) is 21.0 Å². The third kappa shape index (κ3) is 6.85. The topological polar surface area (TPSA) is 121 Å². The van der Waals surface area contributed by atoms with Crippen LogP contribution in [0.2, 0.25) is 0 Å².